The Balaban J connectivity index is 3.90. The molecule has 1 nitrogen and oxygen atoms in total. The van der Waals surface area contributed by atoms with E-state index in [1.54, 1.807) is 0 Å². The van der Waals surface area contributed by atoms with Crippen molar-refractivity contribution in [1.82, 2.24) is 0 Å². The van der Waals surface area contributed by atoms with E-state index in [0.717, 1.165) is 13.0 Å². The van der Waals surface area contributed by atoms with Gasteiger partial charge in [-0.25, -0.2) is 0 Å². The second-order valence-corrected chi connectivity index (χ2v) is 18.8. The maximum absolute atomic E-state index is 6.03. The summed E-state index contributed by atoms with van der Waals surface area (Å²) in [6, 6.07) is 5.66. The molecule has 4 heteroatoms. The van der Waals surface area contributed by atoms with Crippen molar-refractivity contribution < 1.29 is 4.43 Å². The minimum absolute atomic E-state index is 0.948. The van der Waals surface area contributed by atoms with Crippen LogP contribution in [0.1, 0.15) is 40.5 Å². The summed E-state index contributed by atoms with van der Waals surface area (Å²) in [6.07, 6.45) is 2.52. The maximum atomic E-state index is 6.03. The van der Waals surface area contributed by atoms with Crippen molar-refractivity contribution in [3.05, 3.63) is 0 Å². The first-order valence-electron chi connectivity index (χ1n) is 7.73. The molecule has 0 aromatic rings. The van der Waals surface area contributed by atoms with Crippen LogP contribution >= 0.6 is 11.2 Å². The molecule has 0 amide bonds. The van der Waals surface area contributed by atoms with Gasteiger partial charge in [0.05, 0.1) is 0 Å². The molecular formula is C14H34OSSi2. The summed E-state index contributed by atoms with van der Waals surface area (Å²) >= 11 is 2.34. The zero-order valence-electron chi connectivity index (χ0n) is 13.5. The third kappa shape index (κ3) is 7.36. The molecule has 0 bridgehead atoms. The molecule has 110 valence electrons. The molecule has 0 unspecified atom stereocenters. The van der Waals surface area contributed by atoms with Crippen LogP contribution < -0.4 is 0 Å². The first-order valence-corrected chi connectivity index (χ1v) is 15.2. The Morgan fingerprint density at radius 1 is 0.944 bits per heavy atom. The fourth-order valence-corrected chi connectivity index (χ4v) is 10.9. The normalized spacial score (nSPS) is 13.0. The fourth-order valence-electron chi connectivity index (χ4n) is 2.29. The average Bonchev–Trinajstić information content (AvgIpc) is 2.38. The highest BCUT2D eigenvalue weighted by Gasteiger charge is 2.28. The third-order valence-electron chi connectivity index (χ3n) is 3.96. The van der Waals surface area contributed by atoms with Crippen molar-refractivity contribution in [2.75, 3.05) is 12.4 Å². The Bertz CT molecular complexity index is 198. The van der Waals surface area contributed by atoms with E-state index >= 15 is 0 Å². The van der Waals surface area contributed by atoms with Gasteiger partial charge in [-0.05, 0) is 37.7 Å². The van der Waals surface area contributed by atoms with Crippen molar-refractivity contribution in [3.63, 3.8) is 0 Å². The Kier molecular flexibility index (Phi) is 10.0. The monoisotopic (exact) mass is 306 g/mol. The highest BCUT2D eigenvalue weighted by Crippen LogP contribution is 2.33. The second kappa shape index (κ2) is 9.62. The fraction of sp³-hybridized carbons (Fsp3) is 1.00. The number of rotatable bonds is 11. The standard InChI is InChI=1S/C14H34OSSi2/c1-7-12-15-17(5,6)14-11-13-16-18(8-2,9-3)10-4/h7-14H2,1-6H3. The lowest BCUT2D eigenvalue weighted by molar-refractivity contribution is 0.306. The van der Waals surface area contributed by atoms with E-state index in [1.807, 2.05) is 0 Å². The van der Waals surface area contributed by atoms with Gasteiger partial charge in [0.2, 0.25) is 0 Å². The van der Waals surface area contributed by atoms with Crippen molar-refractivity contribution >= 4 is 26.8 Å². The van der Waals surface area contributed by atoms with Crippen LogP contribution in [-0.2, 0) is 4.43 Å². The molecule has 0 saturated carbocycles. The minimum atomic E-state index is -1.35. The van der Waals surface area contributed by atoms with Gasteiger partial charge in [-0.1, -0.05) is 45.8 Å². The van der Waals surface area contributed by atoms with Gasteiger partial charge >= 0.3 is 0 Å². The summed E-state index contributed by atoms with van der Waals surface area (Å²) in [5.74, 6) is 1.37. The van der Waals surface area contributed by atoms with Gasteiger partial charge in [-0.3, -0.25) is 0 Å². The first-order chi connectivity index (χ1) is 8.45. The van der Waals surface area contributed by atoms with Gasteiger partial charge in [0.25, 0.3) is 0 Å². The predicted octanol–water partition coefficient (Wildman–Crippen LogP) is 5.75. The lowest BCUT2D eigenvalue weighted by Crippen LogP contribution is -2.31. The van der Waals surface area contributed by atoms with E-state index in [9.17, 15) is 0 Å². The van der Waals surface area contributed by atoms with Gasteiger partial charge in [0, 0.05) is 6.61 Å². The summed E-state index contributed by atoms with van der Waals surface area (Å²) in [5.41, 5.74) is 0. The maximum Gasteiger partial charge on any atom is 0.186 e. The SMILES string of the molecule is CCCO[Si](C)(C)CCCS[Si](CC)(CC)CC. The van der Waals surface area contributed by atoms with E-state index in [2.05, 4.69) is 52.0 Å². The lowest BCUT2D eigenvalue weighted by atomic mass is 10.5. The van der Waals surface area contributed by atoms with E-state index in [1.165, 1.54) is 36.4 Å². The van der Waals surface area contributed by atoms with Crippen LogP contribution in [0.3, 0.4) is 0 Å². The molecule has 0 N–H and O–H groups in total. The molecular weight excluding hydrogens is 272 g/mol. The van der Waals surface area contributed by atoms with Gasteiger partial charge in [0.15, 0.2) is 8.32 Å². The van der Waals surface area contributed by atoms with Crippen molar-refractivity contribution in [1.29, 1.82) is 0 Å². The molecule has 0 radical (unpaired) electrons. The summed E-state index contributed by atoms with van der Waals surface area (Å²) in [4.78, 5) is 0. The lowest BCUT2D eigenvalue weighted by Gasteiger charge is -2.28. The Labute approximate surface area is 121 Å². The number of hydrogen-bond donors (Lipinski definition) is 0. The van der Waals surface area contributed by atoms with Crippen molar-refractivity contribution in [2.45, 2.75) is 77.8 Å². The molecule has 0 atom stereocenters. The van der Waals surface area contributed by atoms with Crippen LogP contribution in [0.25, 0.3) is 0 Å². The zero-order chi connectivity index (χ0) is 14.1. The van der Waals surface area contributed by atoms with Crippen LogP contribution in [0.15, 0.2) is 0 Å². The second-order valence-electron chi connectivity index (χ2n) is 5.80. The summed E-state index contributed by atoms with van der Waals surface area (Å²) in [5, 5.41) is 0. The molecule has 0 aliphatic carbocycles. The van der Waals surface area contributed by atoms with Gasteiger partial charge in [0.1, 0.15) is 7.22 Å². The largest absolute Gasteiger partial charge is 0.417 e. The van der Waals surface area contributed by atoms with Crippen LogP contribution in [0.5, 0.6) is 0 Å². The molecule has 0 aromatic heterocycles. The molecule has 0 rings (SSSR count). The van der Waals surface area contributed by atoms with Crippen molar-refractivity contribution in [3.8, 4) is 0 Å². The number of hydrogen-bond acceptors (Lipinski definition) is 2. The van der Waals surface area contributed by atoms with Gasteiger partial charge in [-0.15, -0.1) is 0 Å². The van der Waals surface area contributed by atoms with Crippen molar-refractivity contribution in [2.24, 2.45) is 0 Å². The average molecular weight is 307 g/mol. The topological polar surface area (TPSA) is 9.23 Å². The molecule has 18 heavy (non-hydrogen) atoms. The quantitative estimate of drug-likeness (QED) is 0.355. The van der Waals surface area contributed by atoms with Gasteiger partial charge < -0.3 is 4.43 Å². The van der Waals surface area contributed by atoms with Crippen LogP contribution in [-0.4, -0.2) is 27.9 Å². The Morgan fingerprint density at radius 3 is 1.94 bits per heavy atom. The van der Waals surface area contributed by atoms with Gasteiger partial charge in [-0.2, -0.15) is 11.2 Å². The summed E-state index contributed by atoms with van der Waals surface area (Å²) < 4.78 is 6.03. The molecule has 0 saturated heterocycles. The smallest absolute Gasteiger partial charge is 0.186 e. The molecule has 0 aliphatic heterocycles. The Morgan fingerprint density at radius 2 is 1.50 bits per heavy atom. The van der Waals surface area contributed by atoms with E-state index in [-0.39, 0.29) is 0 Å². The predicted molar refractivity (Wildman–Crippen MR) is 92.8 cm³/mol. The molecule has 0 aromatic carbocycles. The van der Waals surface area contributed by atoms with E-state index in [0.29, 0.717) is 0 Å². The minimum Gasteiger partial charge on any atom is -0.417 e. The van der Waals surface area contributed by atoms with E-state index in [4.69, 9.17) is 4.43 Å². The summed E-state index contributed by atoms with van der Waals surface area (Å²) in [6.45, 7) is 15.1. The van der Waals surface area contributed by atoms with E-state index < -0.39 is 15.5 Å². The molecule has 0 heterocycles. The van der Waals surface area contributed by atoms with Crippen LogP contribution in [0, 0.1) is 0 Å². The first kappa shape index (κ1) is 18.7. The Hall–Kier alpha value is 0.744. The molecule has 0 fully saturated rings. The zero-order valence-corrected chi connectivity index (χ0v) is 16.3. The molecule has 0 aliphatic rings. The van der Waals surface area contributed by atoms with Crippen LogP contribution in [0.4, 0.5) is 0 Å². The molecule has 0 spiro atoms. The highest BCUT2D eigenvalue weighted by atomic mass is 32.4. The third-order valence-corrected chi connectivity index (χ3v) is 16.5. The highest BCUT2D eigenvalue weighted by molar-refractivity contribution is 8.28. The van der Waals surface area contributed by atoms with Crippen LogP contribution in [0.2, 0.25) is 37.3 Å². The summed E-state index contributed by atoms with van der Waals surface area (Å²) in [7, 11) is -2.30.